The van der Waals surface area contributed by atoms with Crippen LogP contribution in [0.15, 0.2) is 51.8 Å². The summed E-state index contributed by atoms with van der Waals surface area (Å²) in [7, 11) is 0.00622. The van der Waals surface area contributed by atoms with Crippen molar-refractivity contribution in [2.24, 2.45) is 0 Å². The smallest absolute Gasteiger partial charge is 0.261 e. The van der Waals surface area contributed by atoms with E-state index in [1.165, 1.54) is 12.1 Å². The largest absolute Gasteiger partial charge is 0.497 e. The molecular formula is C19H24BrN3O3S. The number of rotatable bonds is 6. The summed E-state index contributed by atoms with van der Waals surface area (Å²) in [4.78, 5) is 2.50. The third kappa shape index (κ3) is 5.15. The SMILES string of the molecule is COc1ccc(S(=O)(=O)Nc2ccc(Br)c(NC3CCN(C)CC3)c2)cc1. The second kappa shape index (κ2) is 8.50. The second-order valence-electron chi connectivity index (χ2n) is 6.70. The zero-order valence-electron chi connectivity index (χ0n) is 15.4. The van der Waals surface area contributed by atoms with Crippen LogP contribution >= 0.6 is 15.9 Å². The molecule has 0 unspecified atom stereocenters. The topological polar surface area (TPSA) is 70.7 Å². The number of nitrogens with zero attached hydrogens (tertiary/aromatic N) is 1. The summed E-state index contributed by atoms with van der Waals surface area (Å²) >= 11 is 3.55. The van der Waals surface area contributed by atoms with Crippen LogP contribution in [0.1, 0.15) is 12.8 Å². The first kappa shape index (κ1) is 20.0. The second-order valence-corrected chi connectivity index (χ2v) is 9.23. The molecule has 2 N–H and O–H groups in total. The molecule has 0 aliphatic carbocycles. The number of piperidine rings is 1. The van der Waals surface area contributed by atoms with Gasteiger partial charge in [0.25, 0.3) is 10.0 Å². The van der Waals surface area contributed by atoms with E-state index < -0.39 is 10.0 Å². The third-order valence-corrected chi connectivity index (χ3v) is 6.76. The van der Waals surface area contributed by atoms with E-state index in [0.29, 0.717) is 17.5 Å². The Balaban J connectivity index is 1.74. The molecule has 27 heavy (non-hydrogen) atoms. The van der Waals surface area contributed by atoms with Crippen molar-refractivity contribution >= 4 is 37.3 Å². The van der Waals surface area contributed by atoms with Crippen molar-refractivity contribution in [3.8, 4) is 5.75 Å². The maximum absolute atomic E-state index is 12.6. The molecule has 2 aromatic rings. The van der Waals surface area contributed by atoms with Crippen molar-refractivity contribution < 1.29 is 13.2 Å². The quantitative estimate of drug-likeness (QED) is 0.696. The number of ether oxygens (including phenoxy) is 1. The van der Waals surface area contributed by atoms with Gasteiger partial charge in [0, 0.05) is 10.5 Å². The Labute approximate surface area is 169 Å². The summed E-state index contributed by atoms with van der Waals surface area (Å²) in [5.74, 6) is 0.613. The highest BCUT2D eigenvalue weighted by Crippen LogP contribution is 2.29. The minimum atomic E-state index is -3.66. The maximum atomic E-state index is 12.6. The molecule has 1 aliphatic rings. The van der Waals surface area contributed by atoms with E-state index in [0.717, 1.165) is 36.1 Å². The van der Waals surface area contributed by atoms with Gasteiger partial charge in [-0.1, -0.05) is 0 Å². The standard InChI is InChI=1S/C19H24BrN3O3S/c1-23-11-9-14(10-12-23)21-19-13-15(3-8-18(19)20)22-27(24,25)17-6-4-16(26-2)5-7-17/h3-8,13-14,21-22H,9-12H2,1-2H3. The fraction of sp³-hybridized carbons (Fsp3) is 0.368. The molecule has 0 aromatic heterocycles. The first-order valence-electron chi connectivity index (χ1n) is 8.79. The van der Waals surface area contributed by atoms with Crippen molar-refractivity contribution in [1.82, 2.24) is 4.90 Å². The molecule has 0 spiro atoms. The highest BCUT2D eigenvalue weighted by molar-refractivity contribution is 9.10. The van der Waals surface area contributed by atoms with Crippen LogP contribution in [-0.2, 0) is 10.0 Å². The van der Waals surface area contributed by atoms with Gasteiger partial charge in [0.1, 0.15) is 5.75 Å². The zero-order chi connectivity index (χ0) is 19.4. The van der Waals surface area contributed by atoms with Crippen molar-refractivity contribution in [1.29, 1.82) is 0 Å². The monoisotopic (exact) mass is 453 g/mol. The van der Waals surface area contributed by atoms with Gasteiger partial charge in [0.15, 0.2) is 0 Å². The number of hydrogen-bond donors (Lipinski definition) is 2. The van der Waals surface area contributed by atoms with E-state index >= 15 is 0 Å². The molecule has 1 fully saturated rings. The molecule has 6 nitrogen and oxygen atoms in total. The van der Waals surface area contributed by atoms with Crippen LogP contribution in [0.2, 0.25) is 0 Å². The Morgan fingerprint density at radius 1 is 1.11 bits per heavy atom. The number of methoxy groups -OCH3 is 1. The molecule has 0 bridgehead atoms. The molecule has 3 rings (SSSR count). The van der Waals surface area contributed by atoms with Crippen LogP contribution in [0.4, 0.5) is 11.4 Å². The number of nitrogens with one attached hydrogen (secondary N) is 2. The molecule has 0 radical (unpaired) electrons. The Kier molecular flexibility index (Phi) is 6.29. The van der Waals surface area contributed by atoms with E-state index in [1.54, 1.807) is 25.3 Å². The Morgan fingerprint density at radius 2 is 1.78 bits per heavy atom. The van der Waals surface area contributed by atoms with Crippen molar-refractivity contribution in [2.45, 2.75) is 23.8 Å². The Hall–Kier alpha value is -1.77. The lowest BCUT2D eigenvalue weighted by molar-refractivity contribution is 0.264. The summed E-state index contributed by atoms with van der Waals surface area (Å²) in [6, 6.07) is 12.1. The van der Waals surface area contributed by atoms with Gasteiger partial charge < -0.3 is 15.0 Å². The number of sulfonamides is 1. The number of anilines is 2. The van der Waals surface area contributed by atoms with Gasteiger partial charge in [-0.15, -0.1) is 0 Å². The minimum Gasteiger partial charge on any atom is -0.497 e. The van der Waals surface area contributed by atoms with Gasteiger partial charge in [-0.05, 0) is 91.4 Å². The number of likely N-dealkylation sites (tertiary alicyclic amines) is 1. The summed E-state index contributed by atoms with van der Waals surface area (Å²) in [6.45, 7) is 2.11. The molecule has 0 saturated carbocycles. The van der Waals surface area contributed by atoms with Crippen molar-refractivity contribution in [3.63, 3.8) is 0 Å². The van der Waals surface area contributed by atoms with E-state index in [9.17, 15) is 8.42 Å². The molecule has 1 aliphatic heterocycles. The number of halogens is 1. The van der Waals surface area contributed by atoms with E-state index in [4.69, 9.17) is 4.74 Å². The summed E-state index contributed by atoms with van der Waals surface area (Å²) in [5.41, 5.74) is 1.41. The van der Waals surface area contributed by atoms with Crippen LogP contribution in [-0.4, -0.2) is 46.6 Å². The van der Waals surface area contributed by atoms with Crippen LogP contribution < -0.4 is 14.8 Å². The molecular weight excluding hydrogens is 430 g/mol. The van der Waals surface area contributed by atoms with Crippen LogP contribution in [0.3, 0.4) is 0 Å². The Bertz CT molecular complexity index is 880. The Morgan fingerprint density at radius 3 is 2.41 bits per heavy atom. The molecule has 146 valence electrons. The van der Waals surface area contributed by atoms with Crippen molar-refractivity contribution in [3.05, 3.63) is 46.9 Å². The zero-order valence-corrected chi connectivity index (χ0v) is 17.8. The molecule has 8 heteroatoms. The van der Waals surface area contributed by atoms with E-state index in [2.05, 4.69) is 37.9 Å². The van der Waals surface area contributed by atoms with E-state index in [1.807, 2.05) is 12.1 Å². The van der Waals surface area contributed by atoms with Gasteiger partial charge in [0.2, 0.25) is 0 Å². The summed E-state index contributed by atoms with van der Waals surface area (Å²) < 4.78 is 33.9. The first-order chi connectivity index (χ1) is 12.9. The fourth-order valence-corrected chi connectivity index (χ4v) is 4.45. The van der Waals surface area contributed by atoms with Gasteiger partial charge in [0.05, 0.1) is 23.4 Å². The van der Waals surface area contributed by atoms with E-state index in [-0.39, 0.29) is 4.90 Å². The van der Waals surface area contributed by atoms with Crippen LogP contribution in [0, 0.1) is 0 Å². The normalized spacial score (nSPS) is 16.1. The third-order valence-electron chi connectivity index (χ3n) is 4.67. The van der Waals surface area contributed by atoms with Gasteiger partial charge in [-0.3, -0.25) is 4.72 Å². The molecule has 1 saturated heterocycles. The number of benzene rings is 2. The lowest BCUT2D eigenvalue weighted by Crippen LogP contribution is -2.36. The van der Waals surface area contributed by atoms with Gasteiger partial charge in [-0.2, -0.15) is 0 Å². The average Bonchev–Trinajstić information content (AvgIpc) is 2.66. The highest BCUT2D eigenvalue weighted by Gasteiger charge is 2.18. The first-order valence-corrected chi connectivity index (χ1v) is 11.1. The number of hydrogen-bond acceptors (Lipinski definition) is 5. The molecule has 2 aromatic carbocycles. The van der Waals surface area contributed by atoms with Crippen LogP contribution in [0.25, 0.3) is 0 Å². The predicted octanol–water partition coefficient (Wildman–Crippen LogP) is 3.76. The summed E-state index contributed by atoms with van der Waals surface area (Å²) in [5, 5.41) is 3.53. The summed E-state index contributed by atoms with van der Waals surface area (Å²) in [6.07, 6.45) is 2.12. The minimum absolute atomic E-state index is 0.191. The van der Waals surface area contributed by atoms with Gasteiger partial charge in [-0.25, -0.2) is 8.42 Å². The molecule has 1 heterocycles. The lowest BCUT2D eigenvalue weighted by atomic mass is 10.1. The van der Waals surface area contributed by atoms with Crippen LogP contribution in [0.5, 0.6) is 5.75 Å². The lowest BCUT2D eigenvalue weighted by Gasteiger charge is -2.30. The molecule has 0 atom stereocenters. The average molecular weight is 454 g/mol. The predicted molar refractivity (Wildman–Crippen MR) is 112 cm³/mol. The fourth-order valence-electron chi connectivity index (χ4n) is 3.04. The highest BCUT2D eigenvalue weighted by atomic mass is 79.9. The van der Waals surface area contributed by atoms with Gasteiger partial charge >= 0.3 is 0 Å². The van der Waals surface area contributed by atoms with Crippen molar-refractivity contribution in [2.75, 3.05) is 37.3 Å². The maximum Gasteiger partial charge on any atom is 0.261 e. The molecule has 0 amide bonds.